The average Bonchev–Trinajstić information content (AvgIpc) is 2.28. The fourth-order valence-electron chi connectivity index (χ4n) is 1.67. The predicted molar refractivity (Wildman–Crippen MR) is 52.2 cm³/mol. The SMILES string of the molecule is CN(/C(=C/F)N1CCN(C(F)(F)F)CC1)C(F)(F)F. The van der Waals surface area contributed by atoms with Crippen LogP contribution < -0.4 is 0 Å². The molecule has 0 aromatic heterocycles. The first-order valence-electron chi connectivity index (χ1n) is 5.25. The first-order valence-corrected chi connectivity index (χ1v) is 5.25. The molecule has 0 bridgehead atoms. The predicted octanol–water partition coefficient (Wildman–Crippen LogP) is 2.34. The topological polar surface area (TPSA) is 9.72 Å². The van der Waals surface area contributed by atoms with Gasteiger partial charge in [0.05, 0.1) is 0 Å². The average molecular weight is 295 g/mol. The fraction of sp³-hybridized carbons (Fsp3) is 0.778. The van der Waals surface area contributed by atoms with Crippen LogP contribution >= 0.6 is 0 Å². The van der Waals surface area contributed by atoms with Gasteiger partial charge in [-0.1, -0.05) is 0 Å². The minimum atomic E-state index is -4.79. The molecule has 0 amide bonds. The number of hydrogen-bond acceptors (Lipinski definition) is 3. The van der Waals surface area contributed by atoms with E-state index in [4.69, 9.17) is 0 Å². The lowest BCUT2D eigenvalue weighted by molar-refractivity contribution is -0.256. The largest absolute Gasteiger partial charge is 0.485 e. The molecule has 19 heavy (non-hydrogen) atoms. The molecule has 1 rings (SSSR count). The van der Waals surface area contributed by atoms with Crippen molar-refractivity contribution in [3.63, 3.8) is 0 Å². The maximum absolute atomic E-state index is 12.6. The molecule has 0 unspecified atom stereocenters. The Morgan fingerprint density at radius 1 is 1.00 bits per heavy atom. The smallest absolute Gasteiger partial charge is 0.354 e. The number of alkyl halides is 6. The van der Waals surface area contributed by atoms with Gasteiger partial charge in [-0.05, 0) is 0 Å². The third-order valence-corrected chi connectivity index (χ3v) is 2.78. The second-order valence-corrected chi connectivity index (χ2v) is 3.94. The van der Waals surface area contributed by atoms with E-state index in [0.717, 1.165) is 4.90 Å². The summed E-state index contributed by atoms with van der Waals surface area (Å²) < 4.78 is 86.8. The minimum Gasteiger partial charge on any atom is -0.354 e. The molecule has 1 saturated heterocycles. The number of halogens is 7. The van der Waals surface area contributed by atoms with E-state index in [9.17, 15) is 30.7 Å². The van der Waals surface area contributed by atoms with Gasteiger partial charge in [0.2, 0.25) is 0 Å². The van der Waals surface area contributed by atoms with Gasteiger partial charge in [-0.3, -0.25) is 4.90 Å². The zero-order valence-corrected chi connectivity index (χ0v) is 9.89. The van der Waals surface area contributed by atoms with Crippen LogP contribution in [-0.4, -0.2) is 60.5 Å². The molecule has 0 aromatic carbocycles. The van der Waals surface area contributed by atoms with Crippen molar-refractivity contribution in [2.75, 3.05) is 33.2 Å². The Labute approximate surface area is 104 Å². The molecule has 1 heterocycles. The highest BCUT2D eigenvalue weighted by Gasteiger charge is 2.42. The molecule has 0 aliphatic carbocycles. The first kappa shape index (κ1) is 15.9. The van der Waals surface area contributed by atoms with Gasteiger partial charge >= 0.3 is 12.6 Å². The summed E-state index contributed by atoms with van der Waals surface area (Å²) in [5.41, 5.74) is 0. The van der Waals surface area contributed by atoms with Crippen molar-refractivity contribution in [2.45, 2.75) is 12.6 Å². The van der Waals surface area contributed by atoms with E-state index in [0.29, 0.717) is 7.05 Å². The van der Waals surface area contributed by atoms with Crippen molar-refractivity contribution in [3.8, 4) is 0 Å². The molecular formula is C9H12F7N3. The molecule has 10 heteroatoms. The summed E-state index contributed by atoms with van der Waals surface area (Å²) in [7, 11) is 0.613. The van der Waals surface area contributed by atoms with Crippen LogP contribution in [0.2, 0.25) is 0 Å². The second-order valence-electron chi connectivity index (χ2n) is 3.94. The van der Waals surface area contributed by atoms with Crippen molar-refractivity contribution in [2.24, 2.45) is 0 Å². The summed E-state index contributed by atoms with van der Waals surface area (Å²) in [4.78, 5) is 0.832. The van der Waals surface area contributed by atoms with E-state index in [1.165, 1.54) is 0 Å². The van der Waals surface area contributed by atoms with Crippen molar-refractivity contribution in [1.29, 1.82) is 0 Å². The van der Waals surface area contributed by atoms with Crippen LogP contribution in [-0.2, 0) is 0 Å². The lowest BCUT2D eigenvalue weighted by atomic mass is 10.3. The summed E-state index contributed by atoms with van der Waals surface area (Å²) in [6.45, 7) is -1.69. The zero-order valence-electron chi connectivity index (χ0n) is 9.89. The molecule has 1 fully saturated rings. The maximum Gasteiger partial charge on any atom is 0.485 e. The summed E-state index contributed by atoms with van der Waals surface area (Å²) in [6, 6.07) is 0. The Kier molecular flexibility index (Phi) is 4.54. The Morgan fingerprint density at radius 2 is 1.47 bits per heavy atom. The van der Waals surface area contributed by atoms with Crippen LogP contribution in [0.4, 0.5) is 30.7 Å². The zero-order chi connectivity index (χ0) is 14.8. The molecule has 0 spiro atoms. The summed E-state index contributed by atoms with van der Waals surface area (Å²) in [5.74, 6) is -0.797. The van der Waals surface area contributed by atoms with Gasteiger partial charge in [0, 0.05) is 33.2 Å². The standard InChI is InChI=1S/C9H12F7N3/c1-17(8(11,12)13)7(6-10)18-2-4-19(5-3-18)9(14,15)16/h6H,2-5H2,1H3/b7-6-. The van der Waals surface area contributed by atoms with Gasteiger partial charge < -0.3 is 4.90 Å². The maximum atomic E-state index is 12.6. The highest BCUT2D eigenvalue weighted by atomic mass is 19.4. The molecular weight excluding hydrogens is 283 g/mol. The monoisotopic (exact) mass is 295 g/mol. The summed E-state index contributed by atoms with van der Waals surface area (Å²) in [6.07, 6.45) is -9.57. The molecule has 0 atom stereocenters. The van der Waals surface area contributed by atoms with Gasteiger partial charge in [-0.15, -0.1) is 0 Å². The highest BCUT2D eigenvalue weighted by Crippen LogP contribution is 2.28. The Balaban J connectivity index is 2.69. The lowest BCUT2D eigenvalue weighted by Crippen LogP contribution is -2.53. The van der Waals surface area contributed by atoms with Gasteiger partial charge in [0.15, 0.2) is 0 Å². The number of hydrogen-bond donors (Lipinski definition) is 0. The van der Waals surface area contributed by atoms with Gasteiger partial charge in [-0.25, -0.2) is 9.29 Å². The molecule has 1 aliphatic rings. The molecule has 112 valence electrons. The van der Waals surface area contributed by atoms with Crippen molar-refractivity contribution >= 4 is 0 Å². The molecule has 0 aromatic rings. The van der Waals surface area contributed by atoms with Crippen LogP contribution in [0.1, 0.15) is 0 Å². The van der Waals surface area contributed by atoms with Crippen LogP contribution in [0.25, 0.3) is 0 Å². The van der Waals surface area contributed by atoms with Crippen LogP contribution in [0, 0.1) is 0 Å². The lowest BCUT2D eigenvalue weighted by Gasteiger charge is -2.40. The Hall–Kier alpha value is -1.19. The van der Waals surface area contributed by atoms with Gasteiger partial charge in [0.25, 0.3) is 0 Å². The van der Waals surface area contributed by atoms with E-state index >= 15 is 0 Å². The molecule has 0 saturated carbocycles. The minimum absolute atomic E-state index is 0.174. The molecule has 1 aliphatic heterocycles. The summed E-state index contributed by atoms with van der Waals surface area (Å²) >= 11 is 0. The van der Waals surface area contributed by atoms with E-state index in [1.807, 2.05) is 0 Å². The van der Waals surface area contributed by atoms with Crippen LogP contribution in [0.5, 0.6) is 0 Å². The summed E-state index contributed by atoms with van der Waals surface area (Å²) in [5, 5.41) is 0. The quantitative estimate of drug-likeness (QED) is 0.572. The molecule has 0 radical (unpaired) electrons. The Bertz CT molecular complexity index is 328. The van der Waals surface area contributed by atoms with Crippen LogP contribution in [0.3, 0.4) is 0 Å². The normalized spacial score (nSPS) is 19.8. The molecule has 3 nitrogen and oxygen atoms in total. The fourth-order valence-corrected chi connectivity index (χ4v) is 1.67. The number of nitrogens with zero attached hydrogens (tertiary/aromatic N) is 3. The molecule has 0 N–H and O–H groups in total. The third kappa shape index (κ3) is 3.88. The second kappa shape index (κ2) is 5.43. The number of rotatable bonds is 2. The Morgan fingerprint density at radius 3 is 1.79 bits per heavy atom. The van der Waals surface area contributed by atoms with Gasteiger partial charge in [-0.2, -0.15) is 26.3 Å². The van der Waals surface area contributed by atoms with E-state index in [2.05, 4.69) is 0 Å². The van der Waals surface area contributed by atoms with Crippen molar-refractivity contribution in [3.05, 3.63) is 12.2 Å². The third-order valence-electron chi connectivity index (χ3n) is 2.78. The van der Waals surface area contributed by atoms with E-state index < -0.39 is 31.5 Å². The van der Waals surface area contributed by atoms with Crippen LogP contribution in [0.15, 0.2) is 12.2 Å². The first-order chi connectivity index (χ1) is 8.57. The van der Waals surface area contributed by atoms with E-state index in [1.54, 1.807) is 0 Å². The van der Waals surface area contributed by atoms with Gasteiger partial charge in [0.1, 0.15) is 12.2 Å². The number of piperazine rings is 1. The highest BCUT2D eigenvalue weighted by molar-refractivity contribution is 4.98. The van der Waals surface area contributed by atoms with Crippen molar-refractivity contribution in [1.82, 2.24) is 14.7 Å². The van der Waals surface area contributed by atoms with Crippen molar-refractivity contribution < 1.29 is 30.7 Å². The van der Waals surface area contributed by atoms with E-state index in [-0.39, 0.29) is 29.2 Å².